The van der Waals surface area contributed by atoms with Crippen molar-refractivity contribution in [2.45, 2.75) is 32.6 Å². The molecule has 0 aromatic heterocycles. The quantitative estimate of drug-likeness (QED) is 0.271. The lowest BCUT2D eigenvalue weighted by molar-refractivity contribution is -0.114. The van der Waals surface area contributed by atoms with Crippen LogP contribution < -0.4 is 0 Å². The lowest BCUT2D eigenvalue weighted by Crippen LogP contribution is -1.91. The van der Waals surface area contributed by atoms with E-state index < -0.39 is 0 Å². The molecule has 0 fully saturated rings. The van der Waals surface area contributed by atoms with Gasteiger partial charge in [0.1, 0.15) is 0 Å². The van der Waals surface area contributed by atoms with Crippen LogP contribution in [0.15, 0.2) is 24.3 Å². The van der Waals surface area contributed by atoms with Crippen molar-refractivity contribution in [1.29, 1.82) is 5.26 Å². The minimum atomic E-state index is 0.135. The van der Waals surface area contributed by atoms with Crippen LogP contribution in [0.5, 0.6) is 0 Å². The van der Waals surface area contributed by atoms with Crippen molar-refractivity contribution in [3.8, 4) is 6.07 Å². The van der Waals surface area contributed by atoms with E-state index in [1.165, 1.54) is 12.2 Å². The van der Waals surface area contributed by atoms with Gasteiger partial charge in [-0.25, -0.2) is 0 Å². The summed E-state index contributed by atoms with van der Waals surface area (Å²) in [5.74, 6) is 0.135. The van der Waals surface area contributed by atoms with Crippen molar-refractivity contribution in [3.63, 3.8) is 0 Å². The molecule has 0 N–H and O–H groups in total. The Kier molecular flexibility index (Phi) is 7.82. The average molecular weight is 177 g/mol. The van der Waals surface area contributed by atoms with E-state index in [4.69, 9.17) is 5.26 Å². The van der Waals surface area contributed by atoms with Crippen LogP contribution in [0, 0.1) is 11.3 Å². The second-order valence-corrected chi connectivity index (χ2v) is 2.77. The Hall–Kier alpha value is -1.36. The molecule has 0 aromatic carbocycles. The minimum Gasteiger partial charge on any atom is -0.295 e. The molecular formula is C11H15NO. The predicted octanol–water partition coefficient (Wildman–Crippen LogP) is 2.77. The summed E-state index contributed by atoms with van der Waals surface area (Å²) in [6, 6.07) is 1.85. The molecule has 0 amide bonds. The number of unbranched alkanes of at least 4 members (excludes halogenated alkanes) is 2. The molecule has 0 aromatic rings. The van der Waals surface area contributed by atoms with Gasteiger partial charge < -0.3 is 0 Å². The van der Waals surface area contributed by atoms with Crippen LogP contribution in [-0.4, -0.2) is 5.78 Å². The summed E-state index contributed by atoms with van der Waals surface area (Å²) < 4.78 is 0. The van der Waals surface area contributed by atoms with Gasteiger partial charge in [0, 0.05) is 12.5 Å². The van der Waals surface area contributed by atoms with Gasteiger partial charge in [-0.15, -0.1) is 0 Å². The number of rotatable bonds is 6. The van der Waals surface area contributed by atoms with Gasteiger partial charge >= 0.3 is 0 Å². The van der Waals surface area contributed by atoms with Gasteiger partial charge in [0.2, 0.25) is 0 Å². The zero-order chi connectivity index (χ0) is 9.94. The molecular weight excluding hydrogens is 162 g/mol. The van der Waals surface area contributed by atoms with E-state index in [9.17, 15) is 4.79 Å². The third-order valence-corrected chi connectivity index (χ3v) is 1.59. The number of nitrogens with zero attached hydrogens (tertiary/aromatic N) is 1. The van der Waals surface area contributed by atoms with Crippen LogP contribution in [0.25, 0.3) is 0 Å². The summed E-state index contributed by atoms with van der Waals surface area (Å²) >= 11 is 0. The highest BCUT2D eigenvalue weighted by molar-refractivity contribution is 5.89. The summed E-state index contributed by atoms with van der Waals surface area (Å²) in [7, 11) is 0. The summed E-state index contributed by atoms with van der Waals surface area (Å²) in [6.07, 6.45) is 9.85. The number of nitriles is 1. The molecule has 2 nitrogen and oxygen atoms in total. The maximum Gasteiger partial charge on any atom is 0.155 e. The Morgan fingerprint density at radius 3 is 2.77 bits per heavy atom. The van der Waals surface area contributed by atoms with Gasteiger partial charge in [0.25, 0.3) is 0 Å². The Bertz CT molecular complexity index is 233. The summed E-state index contributed by atoms with van der Waals surface area (Å²) in [5.41, 5.74) is 0. The highest BCUT2D eigenvalue weighted by Gasteiger charge is 1.93. The van der Waals surface area contributed by atoms with Gasteiger partial charge in [-0.3, -0.25) is 4.79 Å². The highest BCUT2D eigenvalue weighted by atomic mass is 16.1. The number of hydrogen-bond acceptors (Lipinski definition) is 2. The number of carbonyl (C=O) groups excluding carboxylic acids is 1. The van der Waals surface area contributed by atoms with Gasteiger partial charge in [-0.2, -0.15) is 5.26 Å². The molecule has 0 aliphatic rings. The molecule has 0 saturated carbocycles. The Balaban J connectivity index is 3.57. The third-order valence-electron chi connectivity index (χ3n) is 1.59. The number of allylic oxidation sites excluding steroid dienone is 4. The number of ketones is 1. The Morgan fingerprint density at radius 1 is 1.38 bits per heavy atom. The minimum absolute atomic E-state index is 0.135. The molecule has 0 bridgehead atoms. The number of hydrogen-bond donors (Lipinski definition) is 0. The van der Waals surface area contributed by atoms with E-state index in [1.54, 1.807) is 12.2 Å². The maximum absolute atomic E-state index is 11.1. The molecule has 0 heterocycles. The normalized spacial score (nSPS) is 10.8. The van der Waals surface area contributed by atoms with Crippen LogP contribution in [-0.2, 0) is 4.79 Å². The van der Waals surface area contributed by atoms with Crippen LogP contribution in [0.4, 0.5) is 0 Å². The van der Waals surface area contributed by atoms with Crippen LogP contribution >= 0.6 is 0 Å². The van der Waals surface area contributed by atoms with Crippen molar-refractivity contribution in [2.75, 3.05) is 0 Å². The first kappa shape index (κ1) is 11.6. The van der Waals surface area contributed by atoms with Crippen molar-refractivity contribution in [2.24, 2.45) is 0 Å². The Labute approximate surface area is 79.6 Å². The van der Waals surface area contributed by atoms with E-state index in [1.807, 2.05) is 6.07 Å². The van der Waals surface area contributed by atoms with E-state index in [0.29, 0.717) is 6.42 Å². The highest BCUT2D eigenvalue weighted by Crippen LogP contribution is 2.00. The fraction of sp³-hybridized carbons (Fsp3) is 0.455. The second kappa shape index (κ2) is 8.73. The zero-order valence-electron chi connectivity index (χ0n) is 7.99. The maximum atomic E-state index is 11.1. The van der Waals surface area contributed by atoms with E-state index in [0.717, 1.165) is 19.3 Å². The topological polar surface area (TPSA) is 40.9 Å². The third kappa shape index (κ3) is 8.55. The zero-order valence-corrected chi connectivity index (χ0v) is 7.99. The van der Waals surface area contributed by atoms with E-state index in [2.05, 4.69) is 6.92 Å². The largest absolute Gasteiger partial charge is 0.295 e. The van der Waals surface area contributed by atoms with Gasteiger partial charge in [-0.1, -0.05) is 31.9 Å². The van der Waals surface area contributed by atoms with Crippen molar-refractivity contribution in [3.05, 3.63) is 24.3 Å². The molecule has 2 heteroatoms. The first-order chi connectivity index (χ1) is 6.31. The molecule has 0 spiro atoms. The summed E-state index contributed by atoms with van der Waals surface area (Å²) in [4.78, 5) is 11.1. The average Bonchev–Trinajstić information content (AvgIpc) is 2.13. The molecule has 0 unspecified atom stereocenters. The molecule has 0 aliphatic heterocycles. The van der Waals surface area contributed by atoms with Gasteiger partial charge in [-0.05, 0) is 12.5 Å². The first-order valence-electron chi connectivity index (χ1n) is 4.57. The standard InChI is InChI=1S/C11H15NO/c1-2-3-5-8-11(13)9-6-4-7-10-12/h4,6-7,9H,2-3,5,8H2,1H3/b7-4+,9-6+. The molecule has 0 saturated heterocycles. The Morgan fingerprint density at radius 2 is 2.15 bits per heavy atom. The monoisotopic (exact) mass is 177 g/mol. The fourth-order valence-corrected chi connectivity index (χ4v) is 0.894. The predicted molar refractivity (Wildman–Crippen MR) is 53.0 cm³/mol. The first-order valence-corrected chi connectivity index (χ1v) is 4.57. The lowest BCUT2D eigenvalue weighted by atomic mass is 10.1. The van der Waals surface area contributed by atoms with Gasteiger partial charge in [0.05, 0.1) is 6.07 Å². The SMILES string of the molecule is CCCCCC(=O)/C=C/C=C/C#N. The molecule has 0 radical (unpaired) electrons. The molecule has 0 aliphatic carbocycles. The van der Waals surface area contributed by atoms with E-state index >= 15 is 0 Å². The molecule has 13 heavy (non-hydrogen) atoms. The molecule has 0 rings (SSSR count). The van der Waals surface area contributed by atoms with Crippen LogP contribution in [0.1, 0.15) is 32.6 Å². The summed E-state index contributed by atoms with van der Waals surface area (Å²) in [6.45, 7) is 2.11. The summed E-state index contributed by atoms with van der Waals surface area (Å²) in [5, 5.41) is 8.15. The van der Waals surface area contributed by atoms with Crippen molar-refractivity contribution >= 4 is 5.78 Å². The number of carbonyl (C=O) groups is 1. The van der Waals surface area contributed by atoms with Crippen molar-refractivity contribution in [1.82, 2.24) is 0 Å². The second-order valence-electron chi connectivity index (χ2n) is 2.77. The van der Waals surface area contributed by atoms with Gasteiger partial charge in [0.15, 0.2) is 5.78 Å². The smallest absolute Gasteiger partial charge is 0.155 e. The molecule has 0 atom stereocenters. The molecule has 70 valence electrons. The fourth-order valence-electron chi connectivity index (χ4n) is 0.894. The van der Waals surface area contributed by atoms with Crippen LogP contribution in [0.2, 0.25) is 0 Å². The lowest BCUT2D eigenvalue weighted by Gasteiger charge is -1.92. The van der Waals surface area contributed by atoms with Crippen LogP contribution in [0.3, 0.4) is 0 Å². The van der Waals surface area contributed by atoms with Crippen molar-refractivity contribution < 1.29 is 4.79 Å². The van der Waals surface area contributed by atoms with E-state index in [-0.39, 0.29) is 5.78 Å².